The Labute approximate surface area is 137 Å². The summed E-state index contributed by atoms with van der Waals surface area (Å²) < 4.78 is 17.1. The highest BCUT2D eigenvalue weighted by atomic mass is 16.7. The van der Waals surface area contributed by atoms with Gasteiger partial charge in [-0.3, -0.25) is 5.32 Å². The van der Waals surface area contributed by atoms with Crippen LogP contribution >= 0.6 is 0 Å². The third-order valence-corrected chi connectivity index (χ3v) is 3.94. The van der Waals surface area contributed by atoms with Gasteiger partial charge in [0.05, 0.1) is 11.2 Å². The maximum Gasteiger partial charge on any atom is 0.413 e. The summed E-state index contributed by atoms with van der Waals surface area (Å²) in [5.41, 5.74) is -0.540. The second kappa shape index (κ2) is 5.76. The van der Waals surface area contributed by atoms with Crippen LogP contribution in [0.25, 0.3) is 0 Å². The van der Waals surface area contributed by atoms with Gasteiger partial charge in [0, 0.05) is 11.8 Å². The van der Waals surface area contributed by atoms with Gasteiger partial charge in [0.25, 0.3) is 0 Å². The van der Waals surface area contributed by atoms with E-state index in [0.29, 0.717) is 5.82 Å². The van der Waals surface area contributed by atoms with Crippen LogP contribution in [-0.4, -0.2) is 27.9 Å². The molecule has 128 valence electrons. The zero-order chi connectivity index (χ0) is 17.5. The molecule has 1 aromatic rings. The number of pyridine rings is 1. The summed E-state index contributed by atoms with van der Waals surface area (Å²) in [6, 6.07) is 3.52. The number of hydrogen-bond donors (Lipinski definition) is 1. The van der Waals surface area contributed by atoms with Crippen LogP contribution in [0, 0.1) is 0 Å². The Bertz CT molecular complexity index is 557. The number of aromatic nitrogens is 1. The zero-order valence-electron chi connectivity index (χ0n) is 14.9. The van der Waals surface area contributed by atoms with E-state index in [1.54, 1.807) is 33.0 Å². The number of nitrogens with zero attached hydrogens (tertiary/aromatic N) is 1. The molecule has 1 fully saturated rings. The van der Waals surface area contributed by atoms with Gasteiger partial charge in [0.15, 0.2) is 6.29 Å². The molecule has 23 heavy (non-hydrogen) atoms. The summed E-state index contributed by atoms with van der Waals surface area (Å²) in [5.74, 6) is 0.416. The van der Waals surface area contributed by atoms with E-state index < -0.39 is 29.2 Å². The molecule has 1 aromatic heterocycles. The van der Waals surface area contributed by atoms with E-state index in [0.717, 1.165) is 5.56 Å². The number of hydrogen-bond acceptors (Lipinski definition) is 5. The lowest BCUT2D eigenvalue weighted by molar-refractivity contribution is -0.0897. The predicted octanol–water partition coefficient (Wildman–Crippen LogP) is 4.03. The van der Waals surface area contributed by atoms with Crippen LogP contribution in [0.3, 0.4) is 0 Å². The van der Waals surface area contributed by atoms with E-state index in [-0.39, 0.29) is 0 Å². The summed E-state index contributed by atoms with van der Waals surface area (Å²) >= 11 is 0. The van der Waals surface area contributed by atoms with Crippen LogP contribution in [0.15, 0.2) is 18.3 Å². The molecule has 1 amide bonds. The molecule has 2 rings (SSSR count). The third kappa shape index (κ3) is 4.20. The molecular formula is C17H26N2O4. The second-order valence-corrected chi connectivity index (χ2v) is 7.69. The molecule has 0 saturated carbocycles. The number of rotatable bonds is 2. The van der Waals surface area contributed by atoms with Crippen LogP contribution in [0.1, 0.15) is 60.3 Å². The maximum atomic E-state index is 11.7. The largest absolute Gasteiger partial charge is 0.444 e. The van der Waals surface area contributed by atoms with Gasteiger partial charge in [0.2, 0.25) is 0 Å². The maximum absolute atomic E-state index is 11.7. The van der Waals surface area contributed by atoms with Crippen molar-refractivity contribution in [2.75, 3.05) is 5.32 Å². The number of ether oxygens (including phenoxy) is 3. The Morgan fingerprint density at radius 3 is 2.17 bits per heavy atom. The molecule has 6 nitrogen and oxygen atoms in total. The average Bonchev–Trinajstić information content (AvgIpc) is 2.56. The molecule has 0 bridgehead atoms. The molecule has 1 aliphatic rings. The van der Waals surface area contributed by atoms with Crippen molar-refractivity contribution < 1.29 is 19.0 Å². The van der Waals surface area contributed by atoms with E-state index >= 15 is 0 Å². The van der Waals surface area contributed by atoms with Gasteiger partial charge in [0.1, 0.15) is 11.4 Å². The van der Waals surface area contributed by atoms with Gasteiger partial charge in [-0.25, -0.2) is 9.78 Å². The minimum Gasteiger partial charge on any atom is -0.444 e. The molecule has 1 saturated heterocycles. The smallest absolute Gasteiger partial charge is 0.413 e. The Morgan fingerprint density at radius 1 is 1.17 bits per heavy atom. The van der Waals surface area contributed by atoms with Gasteiger partial charge in [-0.1, -0.05) is 0 Å². The summed E-state index contributed by atoms with van der Waals surface area (Å²) in [4.78, 5) is 15.9. The molecule has 1 aliphatic heterocycles. The monoisotopic (exact) mass is 322 g/mol. The second-order valence-electron chi connectivity index (χ2n) is 7.69. The number of anilines is 1. The van der Waals surface area contributed by atoms with E-state index in [1.807, 2.05) is 33.8 Å². The van der Waals surface area contributed by atoms with E-state index in [1.165, 1.54) is 0 Å². The number of nitrogens with one attached hydrogen (secondary N) is 1. The first kappa shape index (κ1) is 17.7. The standard InChI is InChI=1S/C17H26N2O4/c1-15(2,3)23-14(20)19-12-9-8-11(10-18-12)13-21-16(4,5)17(6,7)22-13/h8-10,13H,1-7H3,(H,18,19,20). The lowest BCUT2D eigenvalue weighted by Crippen LogP contribution is -2.41. The zero-order valence-corrected chi connectivity index (χ0v) is 14.9. The number of carbonyl (C=O) groups is 1. The average molecular weight is 322 g/mol. The summed E-state index contributed by atoms with van der Waals surface area (Å²) in [6.07, 6.45) is 0.631. The summed E-state index contributed by atoms with van der Waals surface area (Å²) in [6.45, 7) is 13.4. The Kier molecular flexibility index (Phi) is 4.43. The van der Waals surface area contributed by atoms with Crippen molar-refractivity contribution >= 4 is 11.9 Å². The van der Waals surface area contributed by atoms with Crippen molar-refractivity contribution in [3.05, 3.63) is 23.9 Å². The number of amides is 1. The first-order valence-electron chi connectivity index (χ1n) is 7.71. The molecule has 6 heteroatoms. The van der Waals surface area contributed by atoms with Crippen molar-refractivity contribution in [2.45, 2.75) is 71.6 Å². The Hall–Kier alpha value is -1.66. The molecule has 0 unspecified atom stereocenters. The fraction of sp³-hybridized carbons (Fsp3) is 0.647. The first-order valence-corrected chi connectivity index (χ1v) is 7.71. The molecule has 0 aliphatic carbocycles. The number of carbonyl (C=O) groups excluding carboxylic acids is 1. The summed E-state index contributed by atoms with van der Waals surface area (Å²) in [7, 11) is 0. The molecular weight excluding hydrogens is 296 g/mol. The van der Waals surface area contributed by atoms with Crippen molar-refractivity contribution in [1.29, 1.82) is 0 Å². The fourth-order valence-electron chi connectivity index (χ4n) is 2.01. The van der Waals surface area contributed by atoms with Gasteiger partial charge in [-0.2, -0.15) is 0 Å². The molecule has 2 heterocycles. The third-order valence-electron chi connectivity index (χ3n) is 3.94. The molecule has 0 spiro atoms. The topological polar surface area (TPSA) is 69.7 Å². The van der Waals surface area contributed by atoms with Gasteiger partial charge in [-0.05, 0) is 60.6 Å². The molecule has 0 aromatic carbocycles. The van der Waals surface area contributed by atoms with Gasteiger partial charge >= 0.3 is 6.09 Å². The highest BCUT2D eigenvalue weighted by molar-refractivity contribution is 5.83. The van der Waals surface area contributed by atoms with Crippen LogP contribution in [-0.2, 0) is 14.2 Å². The minimum absolute atomic E-state index is 0.398. The van der Waals surface area contributed by atoms with Gasteiger partial charge in [-0.15, -0.1) is 0 Å². The quantitative estimate of drug-likeness (QED) is 0.890. The lowest BCUT2D eigenvalue weighted by Gasteiger charge is -2.30. The first-order chi connectivity index (χ1) is 10.4. The fourth-order valence-corrected chi connectivity index (χ4v) is 2.01. The van der Waals surface area contributed by atoms with Crippen LogP contribution < -0.4 is 5.32 Å². The van der Waals surface area contributed by atoms with Crippen molar-refractivity contribution in [2.24, 2.45) is 0 Å². The minimum atomic E-state index is -0.549. The summed E-state index contributed by atoms with van der Waals surface area (Å²) in [5, 5.41) is 2.59. The van der Waals surface area contributed by atoms with Crippen LogP contribution in [0.2, 0.25) is 0 Å². The predicted molar refractivity (Wildman–Crippen MR) is 87.2 cm³/mol. The normalized spacial score (nSPS) is 20.3. The van der Waals surface area contributed by atoms with Gasteiger partial charge < -0.3 is 14.2 Å². The van der Waals surface area contributed by atoms with Crippen molar-refractivity contribution in [3.63, 3.8) is 0 Å². The highest BCUT2D eigenvalue weighted by Gasteiger charge is 2.49. The molecule has 0 radical (unpaired) electrons. The van der Waals surface area contributed by atoms with Crippen LogP contribution in [0.5, 0.6) is 0 Å². The van der Waals surface area contributed by atoms with E-state index in [4.69, 9.17) is 14.2 Å². The lowest BCUT2D eigenvalue weighted by atomic mass is 9.90. The van der Waals surface area contributed by atoms with E-state index in [9.17, 15) is 4.79 Å². The van der Waals surface area contributed by atoms with Crippen molar-refractivity contribution in [3.8, 4) is 0 Å². The molecule has 0 atom stereocenters. The highest BCUT2D eigenvalue weighted by Crippen LogP contribution is 2.44. The SMILES string of the molecule is CC(C)(C)OC(=O)Nc1ccc(C2OC(C)(C)C(C)(C)O2)cn1. The Balaban J connectivity index is 2.02. The van der Waals surface area contributed by atoms with Crippen LogP contribution in [0.4, 0.5) is 10.6 Å². The van der Waals surface area contributed by atoms with E-state index in [2.05, 4.69) is 10.3 Å². The molecule has 1 N–H and O–H groups in total. The Morgan fingerprint density at radius 2 is 1.74 bits per heavy atom. The van der Waals surface area contributed by atoms with Crippen molar-refractivity contribution in [1.82, 2.24) is 4.98 Å².